The molecule has 1 atom stereocenters. The molecule has 20 heavy (non-hydrogen) atoms. The second kappa shape index (κ2) is 5.00. The summed E-state index contributed by atoms with van der Waals surface area (Å²) in [6, 6.07) is 15.5. The zero-order chi connectivity index (χ0) is 14.2. The first-order chi connectivity index (χ1) is 9.66. The molecule has 0 saturated heterocycles. The summed E-state index contributed by atoms with van der Waals surface area (Å²) in [5.41, 5.74) is 2.13. The van der Waals surface area contributed by atoms with Crippen LogP contribution in [-0.2, 0) is 5.60 Å². The van der Waals surface area contributed by atoms with Gasteiger partial charge in [0.1, 0.15) is 5.60 Å². The molecular weight excluding hydrogens is 314 g/mol. The number of halogens is 1. The zero-order valence-corrected chi connectivity index (χ0v) is 12.5. The van der Waals surface area contributed by atoms with Crippen LogP contribution in [0.2, 0.25) is 0 Å². The van der Waals surface area contributed by atoms with E-state index in [-0.39, 0.29) is 0 Å². The van der Waals surface area contributed by atoms with Crippen LogP contribution in [0.1, 0.15) is 17.5 Å². The Bertz CT molecular complexity index is 708. The molecule has 0 aromatic heterocycles. The van der Waals surface area contributed by atoms with Gasteiger partial charge in [0, 0.05) is 22.0 Å². The third-order valence-electron chi connectivity index (χ3n) is 3.54. The summed E-state index contributed by atoms with van der Waals surface area (Å²) in [5, 5.41) is 11.2. The third kappa shape index (κ3) is 1.94. The van der Waals surface area contributed by atoms with Crippen molar-refractivity contribution in [2.24, 2.45) is 4.99 Å². The molecular formula is C17H14BrNO. The van der Waals surface area contributed by atoms with Gasteiger partial charge in [0.05, 0.1) is 11.4 Å². The number of rotatable bonds is 3. The molecule has 1 heterocycles. The molecule has 0 unspecified atom stereocenters. The van der Waals surface area contributed by atoms with Crippen LogP contribution < -0.4 is 0 Å². The molecule has 1 aliphatic rings. The van der Waals surface area contributed by atoms with Crippen molar-refractivity contribution >= 4 is 27.3 Å². The minimum Gasteiger partial charge on any atom is -0.378 e. The number of benzene rings is 2. The van der Waals surface area contributed by atoms with Crippen LogP contribution in [0.5, 0.6) is 0 Å². The molecule has 0 amide bonds. The van der Waals surface area contributed by atoms with Crippen LogP contribution in [-0.4, -0.2) is 10.8 Å². The van der Waals surface area contributed by atoms with Crippen molar-refractivity contribution in [2.75, 3.05) is 0 Å². The first-order valence-corrected chi connectivity index (χ1v) is 7.23. The van der Waals surface area contributed by atoms with E-state index < -0.39 is 5.60 Å². The van der Waals surface area contributed by atoms with Gasteiger partial charge in [-0.25, -0.2) is 4.99 Å². The maximum Gasteiger partial charge on any atom is 0.138 e. The van der Waals surface area contributed by atoms with E-state index in [0.29, 0.717) is 12.1 Å². The van der Waals surface area contributed by atoms with Gasteiger partial charge >= 0.3 is 0 Å². The van der Waals surface area contributed by atoms with E-state index in [1.165, 1.54) is 0 Å². The Kier molecular flexibility index (Phi) is 3.32. The van der Waals surface area contributed by atoms with Crippen LogP contribution in [0.3, 0.4) is 0 Å². The number of aliphatic imine (C=N–C) groups is 1. The average Bonchev–Trinajstić information content (AvgIpc) is 2.74. The summed E-state index contributed by atoms with van der Waals surface area (Å²) in [4.78, 5) is 4.64. The molecule has 0 saturated carbocycles. The quantitative estimate of drug-likeness (QED) is 0.835. The Hall–Kier alpha value is -1.71. The fourth-order valence-electron chi connectivity index (χ4n) is 2.61. The van der Waals surface area contributed by atoms with Crippen molar-refractivity contribution in [3.63, 3.8) is 0 Å². The first-order valence-electron chi connectivity index (χ1n) is 6.43. The van der Waals surface area contributed by atoms with E-state index in [0.717, 1.165) is 21.3 Å². The predicted octanol–water partition coefficient (Wildman–Crippen LogP) is 4.35. The highest BCUT2D eigenvalue weighted by Gasteiger charge is 2.41. The number of fused-ring (bicyclic) bond motifs is 1. The van der Waals surface area contributed by atoms with Crippen LogP contribution >= 0.6 is 15.9 Å². The van der Waals surface area contributed by atoms with Gasteiger partial charge in [0.2, 0.25) is 0 Å². The van der Waals surface area contributed by atoms with E-state index >= 15 is 0 Å². The number of hydrogen-bond donors (Lipinski definition) is 1. The van der Waals surface area contributed by atoms with Crippen molar-refractivity contribution in [2.45, 2.75) is 12.0 Å². The molecule has 1 aliphatic heterocycles. The average molecular weight is 328 g/mol. The first kappa shape index (κ1) is 13.3. The third-order valence-corrected chi connectivity index (χ3v) is 4.23. The Morgan fingerprint density at radius 3 is 2.60 bits per heavy atom. The minimum atomic E-state index is -1.11. The van der Waals surface area contributed by atoms with Gasteiger partial charge in [-0.15, -0.1) is 6.58 Å². The molecule has 2 aromatic carbocycles. The molecule has 3 heteroatoms. The van der Waals surface area contributed by atoms with E-state index in [2.05, 4.69) is 27.5 Å². The fraction of sp³-hybridized carbons (Fsp3) is 0.118. The largest absolute Gasteiger partial charge is 0.378 e. The topological polar surface area (TPSA) is 32.6 Å². The van der Waals surface area contributed by atoms with E-state index in [1.54, 1.807) is 6.08 Å². The van der Waals surface area contributed by atoms with Crippen LogP contribution in [0.25, 0.3) is 0 Å². The smallest absolute Gasteiger partial charge is 0.138 e. The highest BCUT2D eigenvalue weighted by Crippen LogP contribution is 2.43. The zero-order valence-electron chi connectivity index (χ0n) is 10.9. The Morgan fingerprint density at radius 1 is 1.15 bits per heavy atom. The van der Waals surface area contributed by atoms with Gasteiger partial charge in [-0.2, -0.15) is 0 Å². The molecule has 0 spiro atoms. The minimum absolute atomic E-state index is 0.435. The van der Waals surface area contributed by atoms with Crippen molar-refractivity contribution in [1.82, 2.24) is 0 Å². The number of para-hydroxylation sites is 1. The van der Waals surface area contributed by atoms with Gasteiger partial charge in [0.25, 0.3) is 0 Å². The normalized spacial score (nSPS) is 20.4. The summed E-state index contributed by atoms with van der Waals surface area (Å²) in [7, 11) is 0. The lowest BCUT2D eigenvalue weighted by Crippen LogP contribution is -2.33. The molecule has 1 N–H and O–H groups in total. The van der Waals surface area contributed by atoms with Crippen molar-refractivity contribution in [3.05, 3.63) is 76.8 Å². The molecule has 0 radical (unpaired) electrons. The van der Waals surface area contributed by atoms with Gasteiger partial charge in [-0.3, -0.25) is 0 Å². The Labute approximate surface area is 126 Å². The highest BCUT2D eigenvalue weighted by molar-refractivity contribution is 9.10. The van der Waals surface area contributed by atoms with Gasteiger partial charge in [0.15, 0.2) is 0 Å². The van der Waals surface area contributed by atoms with Crippen LogP contribution in [0.15, 0.2) is 70.7 Å². The summed E-state index contributed by atoms with van der Waals surface area (Å²) in [6.45, 7) is 3.77. The molecule has 0 aliphatic carbocycles. The lowest BCUT2D eigenvalue weighted by Gasteiger charge is -2.25. The van der Waals surface area contributed by atoms with Gasteiger partial charge in [-0.05, 0) is 12.1 Å². The second-order valence-corrected chi connectivity index (χ2v) is 5.66. The van der Waals surface area contributed by atoms with E-state index in [1.807, 2.05) is 48.5 Å². The monoisotopic (exact) mass is 327 g/mol. The SMILES string of the molecule is C=CC[C@@]1(O)C(c2ccccc2Br)=Nc2ccccc21. The van der Waals surface area contributed by atoms with Gasteiger partial charge in [-0.1, -0.05) is 58.4 Å². The number of aliphatic hydroxyl groups is 1. The molecule has 0 fully saturated rings. The lowest BCUT2D eigenvalue weighted by molar-refractivity contribution is 0.119. The highest BCUT2D eigenvalue weighted by atomic mass is 79.9. The van der Waals surface area contributed by atoms with E-state index in [9.17, 15) is 5.11 Å². The number of nitrogens with zero attached hydrogens (tertiary/aromatic N) is 1. The van der Waals surface area contributed by atoms with Crippen molar-refractivity contribution in [1.29, 1.82) is 0 Å². The molecule has 0 bridgehead atoms. The fourth-order valence-corrected chi connectivity index (χ4v) is 3.09. The maximum absolute atomic E-state index is 11.2. The summed E-state index contributed by atoms with van der Waals surface area (Å²) >= 11 is 3.54. The molecule has 3 rings (SSSR count). The van der Waals surface area contributed by atoms with Crippen molar-refractivity contribution in [3.8, 4) is 0 Å². The summed E-state index contributed by atoms with van der Waals surface area (Å²) in [5.74, 6) is 0. The van der Waals surface area contributed by atoms with Crippen LogP contribution in [0, 0.1) is 0 Å². The maximum atomic E-state index is 11.2. The number of hydrogen-bond acceptors (Lipinski definition) is 2. The standard InChI is InChI=1S/C17H14BrNO/c1-2-11-17(20)13-8-4-6-10-15(13)19-16(17)12-7-3-5-9-14(12)18/h2-10,20H,1,11H2/t17-/m0/s1. The van der Waals surface area contributed by atoms with Crippen LogP contribution in [0.4, 0.5) is 5.69 Å². The lowest BCUT2D eigenvalue weighted by atomic mass is 9.84. The summed E-state index contributed by atoms with van der Waals surface area (Å²) in [6.07, 6.45) is 2.17. The molecule has 2 nitrogen and oxygen atoms in total. The van der Waals surface area contributed by atoms with Crippen molar-refractivity contribution < 1.29 is 5.11 Å². The molecule has 100 valence electrons. The Balaban J connectivity index is 2.21. The van der Waals surface area contributed by atoms with E-state index in [4.69, 9.17) is 0 Å². The van der Waals surface area contributed by atoms with Gasteiger partial charge < -0.3 is 5.11 Å². The molecule has 2 aromatic rings. The Morgan fingerprint density at radius 2 is 1.85 bits per heavy atom. The summed E-state index contributed by atoms with van der Waals surface area (Å²) < 4.78 is 0.925. The predicted molar refractivity (Wildman–Crippen MR) is 85.5 cm³/mol. The second-order valence-electron chi connectivity index (χ2n) is 4.81.